The summed E-state index contributed by atoms with van der Waals surface area (Å²) in [5, 5.41) is 26.2. The van der Waals surface area contributed by atoms with Gasteiger partial charge >= 0.3 is 0 Å². The number of carbonyl (C=O) groups excluding carboxylic acids is 1. The van der Waals surface area contributed by atoms with Crippen molar-refractivity contribution in [2.75, 3.05) is 0 Å². The minimum Gasteiger partial charge on any atom is -0.342 e. The Kier molecular flexibility index (Phi) is 3.64. The number of carbonyl (C=O) groups is 1. The third kappa shape index (κ3) is 2.74. The van der Waals surface area contributed by atoms with E-state index in [0.717, 1.165) is 12.1 Å². The van der Waals surface area contributed by atoms with Crippen molar-refractivity contribution in [3.63, 3.8) is 0 Å². The number of H-pyrrole nitrogens is 1. The van der Waals surface area contributed by atoms with Crippen LogP contribution in [0.15, 0.2) is 18.2 Å². The minimum absolute atomic E-state index is 0.225. The fraction of sp³-hybridized carbons (Fsp3) is 0.200. The summed E-state index contributed by atoms with van der Waals surface area (Å²) in [6.45, 7) is 1.58. The molecule has 10 heteroatoms. The average molecular weight is 280 g/mol. The number of halogens is 1. The van der Waals surface area contributed by atoms with Crippen LogP contribution < -0.4 is 5.32 Å². The molecule has 1 unspecified atom stereocenters. The molecule has 1 aromatic heterocycles. The molecule has 1 amide bonds. The normalized spacial score (nSPS) is 11.9. The topological polar surface area (TPSA) is 127 Å². The van der Waals surface area contributed by atoms with Gasteiger partial charge in [0.2, 0.25) is 0 Å². The summed E-state index contributed by atoms with van der Waals surface area (Å²) in [7, 11) is 0. The van der Waals surface area contributed by atoms with Crippen LogP contribution in [0.1, 0.15) is 29.1 Å². The Hall–Kier alpha value is -2.91. The van der Waals surface area contributed by atoms with Crippen LogP contribution in [0.2, 0.25) is 0 Å². The smallest absolute Gasteiger partial charge is 0.285 e. The van der Waals surface area contributed by atoms with E-state index in [2.05, 4.69) is 25.9 Å². The molecule has 0 bridgehead atoms. The second-order valence-corrected chi connectivity index (χ2v) is 3.88. The number of nitro groups is 1. The lowest BCUT2D eigenvalue weighted by Gasteiger charge is -2.10. The average Bonchev–Trinajstić information content (AvgIpc) is 2.92. The summed E-state index contributed by atoms with van der Waals surface area (Å²) in [6.07, 6.45) is 0. The van der Waals surface area contributed by atoms with Crippen LogP contribution in [0.3, 0.4) is 0 Å². The van der Waals surface area contributed by atoms with E-state index in [-0.39, 0.29) is 11.4 Å². The molecule has 2 rings (SSSR count). The maximum Gasteiger partial charge on any atom is 0.285 e. The molecular formula is C10H9FN6O3. The molecular weight excluding hydrogens is 271 g/mol. The van der Waals surface area contributed by atoms with Gasteiger partial charge in [-0.25, -0.2) is 4.39 Å². The van der Waals surface area contributed by atoms with Gasteiger partial charge in [-0.1, -0.05) is 5.21 Å². The van der Waals surface area contributed by atoms with Gasteiger partial charge < -0.3 is 5.32 Å². The predicted molar refractivity (Wildman–Crippen MR) is 63.1 cm³/mol. The molecule has 2 aromatic rings. The number of rotatable bonds is 4. The molecule has 104 valence electrons. The highest BCUT2D eigenvalue weighted by Crippen LogP contribution is 2.20. The monoisotopic (exact) mass is 280 g/mol. The largest absolute Gasteiger partial charge is 0.342 e. The van der Waals surface area contributed by atoms with Crippen LogP contribution >= 0.6 is 0 Å². The Morgan fingerprint density at radius 1 is 1.55 bits per heavy atom. The third-order valence-electron chi connectivity index (χ3n) is 2.50. The van der Waals surface area contributed by atoms with Gasteiger partial charge in [0.25, 0.3) is 11.6 Å². The lowest BCUT2D eigenvalue weighted by atomic mass is 10.1. The maximum atomic E-state index is 13.0. The van der Waals surface area contributed by atoms with E-state index in [9.17, 15) is 19.3 Å². The first-order valence-electron chi connectivity index (χ1n) is 5.47. The Bertz CT molecular complexity index is 644. The molecule has 0 saturated heterocycles. The summed E-state index contributed by atoms with van der Waals surface area (Å²) < 4.78 is 13.0. The summed E-state index contributed by atoms with van der Waals surface area (Å²) in [5.41, 5.74) is -0.852. The number of amides is 1. The van der Waals surface area contributed by atoms with Crippen molar-refractivity contribution in [2.24, 2.45) is 0 Å². The van der Waals surface area contributed by atoms with E-state index in [0.29, 0.717) is 6.07 Å². The van der Waals surface area contributed by atoms with Crippen molar-refractivity contribution in [1.29, 1.82) is 0 Å². The van der Waals surface area contributed by atoms with Gasteiger partial charge in [-0.15, -0.1) is 10.2 Å². The molecule has 2 N–H and O–H groups in total. The van der Waals surface area contributed by atoms with E-state index >= 15 is 0 Å². The van der Waals surface area contributed by atoms with Crippen molar-refractivity contribution < 1.29 is 14.1 Å². The van der Waals surface area contributed by atoms with E-state index in [1.54, 1.807) is 6.92 Å². The summed E-state index contributed by atoms with van der Waals surface area (Å²) >= 11 is 0. The standard InChI is InChI=1S/C10H9FN6O3/c1-5(9-13-15-16-14-9)12-10(18)7-3-2-6(11)4-8(7)17(19)20/h2-5H,1H3,(H,12,18)(H,13,14,15,16). The summed E-state index contributed by atoms with van der Waals surface area (Å²) in [6, 6.07) is 2.10. The van der Waals surface area contributed by atoms with Crippen molar-refractivity contribution >= 4 is 11.6 Å². The van der Waals surface area contributed by atoms with Crippen molar-refractivity contribution in [3.05, 3.63) is 45.5 Å². The number of aromatic nitrogens is 4. The Labute approximate surface area is 111 Å². The van der Waals surface area contributed by atoms with Crippen LogP contribution in [0, 0.1) is 15.9 Å². The zero-order chi connectivity index (χ0) is 14.7. The molecule has 0 saturated carbocycles. The van der Waals surface area contributed by atoms with Crippen molar-refractivity contribution in [2.45, 2.75) is 13.0 Å². The van der Waals surface area contributed by atoms with Crippen molar-refractivity contribution in [1.82, 2.24) is 25.9 Å². The molecule has 0 spiro atoms. The van der Waals surface area contributed by atoms with Gasteiger partial charge in [0.15, 0.2) is 5.82 Å². The molecule has 1 aromatic carbocycles. The maximum absolute atomic E-state index is 13.0. The molecule has 9 nitrogen and oxygen atoms in total. The highest BCUT2D eigenvalue weighted by Gasteiger charge is 2.23. The van der Waals surface area contributed by atoms with Gasteiger partial charge in [-0.2, -0.15) is 5.21 Å². The minimum atomic E-state index is -0.822. The number of nitrogens with zero attached hydrogens (tertiary/aromatic N) is 4. The molecule has 0 fully saturated rings. The molecule has 20 heavy (non-hydrogen) atoms. The molecule has 0 aliphatic rings. The third-order valence-corrected chi connectivity index (χ3v) is 2.50. The lowest BCUT2D eigenvalue weighted by Crippen LogP contribution is -2.28. The van der Waals surface area contributed by atoms with Crippen molar-refractivity contribution in [3.8, 4) is 0 Å². The van der Waals surface area contributed by atoms with E-state index in [1.807, 2.05) is 0 Å². The summed E-state index contributed by atoms with van der Waals surface area (Å²) in [4.78, 5) is 22.0. The Morgan fingerprint density at radius 3 is 2.90 bits per heavy atom. The second kappa shape index (κ2) is 5.38. The van der Waals surface area contributed by atoms with Gasteiger partial charge in [0.1, 0.15) is 11.4 Å². The number of benzene rings is 1. The van der Waals surface area contributed by atoms with E-state index in [1.165, 1.54) is 0 Å². The quantitative estimate of drug-likeness (QED) is 0.628. The van der Waals surface area contributed by atoms with Crippen LogP contribution in [0.4, 0.5) is 10.1 Å². The molecule has 0 radical (unpaired) electrons. The van der Waals surface area contributed by atoms with Gasteiger partial charge in [0, 0.05) is 0 Å². The van der Waals surface area contributed by atoms with E-state index in [4.69, 9.17) is 0 Å². The fourth-order valence-corrected chi connectivity index (χ4v) is 1.54. The van der Waals surface area contributed by atoms with Crippen LogP contribution in [0.25, 0.3) is 0 Å². The zero-order valence-electron chi connectivity index (χ0n) is 10.2. The molecule has 1 heterocycles. The SMILES string of the molecule is CC(NC(=O)c1ccc(F)cc1[N+](=O)[O-])c1nn[nH]n1. The van der Waals surface area contributed by atoms with Crippen LogP contribution in [-0.2, 0) is 0 Å². The number of tetrazole rings is 1. The van der Waals surface area contributed by atoms with E-state index < -0.39 is 28.4 Å². The Morgan fingerprint density at radius 2 is 2.30 bits per heavy atom. The fourth-order valence-electron chi connectivity index (χ4n) is 1.54. The second-order valence-electron chi connectivity index (χ2n) is 3.88. The predicted octanol–water partition coefficient (Wildman–Crippen LogP) is 0.738. The van der Waals surface area contributed by atoms with Crippen LogP contribution in [-0.4, -0.2) is 31.5 Å². The molecule has 0 aliphatic heterocycles. The molecule has 0 aliphatic carbocycles. The lowest BCUT2D eigenvalue weighted by molar-refractivity contribution is -0.385. The first kappa shape index (κ1) is 13.5. The number of nitro benzene ring substituents is 1. The first-order chi connectivity index (χ1) is 9.49. The molecule has 1 atom stereocenters. The first-order valence-corrected chi connectivity index (χ1v) is 5.47. The number of aromatic amines is 1. The number of nitrogens with one attached hydrogen (secondary N) is 2. The highest BCUT2D eigenvalue weighted by molar-refractivity contribution is 5.98. The Balaban J connectivity index is 2.23. The van der Waals surface area contributed by atoms with Gasteiger partial charge in [0.05, 0.1) is 17.0 Å². The number of hydrogen-bond acceptors (Lipinski definition) is 6. The number of hydrogen-bond donors (Lipinski definition) is 2. The highest BCUT2D eigenvalue weighted by atomic mass is 19.1. The zero-order valence-corrected chi connectivity index (χ0v) is 10.2. The summed E-state index contributed by atoms with van der Waals surface area (Å²) in [5.74, 6) is -1.29. The van der Waals surface area contributed by atoms with Gasteiger partial charge in [-0.05, 0) is 19.1 Å². The van der Waals surface area contributed by atoms with Gasteiger partial charge in [-0.3, -0.25) is 14.9 Å². The van der Waals surface area contributed by atoms with Crippen LogP contribution in [0.5, 0.6) is 0 Å².